The highest BCUT2D eigenvalue weighted by Gasteiger charge is 2.15. The maximum Gasteiger partial charge on any atom is 0.240 e. The van der Waals surface area contributed by atoms with Crippen molar-refractivity contribution in [3.8, 4) is 5.75 Å². The molecule has 0 amide bonds. The lowest BCUT2D eigenvalue weighted by Gasteiger charge is -2.13. The van der Waals surface area contributed by atoms with Gasteiger partial charge in [-0.25, -0.2) is 26.7 Å². The average molecular weight is 399 g/mol. The molecule has 0 aliphatic rings. The van der Waals surface area contributed by atoms with Crippen LogP contribution in [0.1, 0.15) is 16.7 Å². The van der Waals surface area contributed by atoms with E-state index in [0.717, 1.165) is 5.56 Å². The summed E-state index contributed by atoms with van der Waals surface area (Å²) in [6.07, 6.45) is 0. The van der Waals surface area contributed by atoms with Gasteiger partial charge in [-0.2, -0.15) is 0 Å². The number of ether oxygens (including phenoxy) is 1. The molecule has 0 radical (unpaired) electrons. The lowest BCUT2D eigenvalue weighted by Crippen LogP contribution is -2.28. The second kappa shape index (κ2) is 7.75. The molecule has 0 fully saturated rings. The summed E-state index contributed by atoms with van der Waals surface area (Å²) in [6, 6.07) is 9.55. The lowest BCUT2D eigenvalue weighted by molar-refractivity contribution is 0.320. The van der Waals surface area contributed by atoms with E-state index in [9.17, 15) is 16.8 Å². The van der Waals surface area contributed by atoms with Crippen LogP contribution in [0.2, 0.25) is 0 Å². The molecule has 0 saturated heterocycles. The Bertz CT molecular complexity index is 998. The zero-order chi connectivity index (χ0) is 19.5. The van der Waals surface area contributed by atoms with Crippen molar-refractivity contribution in [2.75, 3.05) is 13.2 Å². The third kappa shape index (κ3) is 5.04. The van der Waals surface area contributed by atoms with Gasteiger partial charge in [0.05, 0.1) is 9.79 Å². The molecule has 0 unspecified atom stereocenters. The molecule has 9 heteroatoms. The van der Waals surface area contributed by atoms with Crippen molar-refractivity contribution in [1.82, 2.24) is 4.72 Å². The van der Waals surface area contributed by atoms with Crippen LogP contribution in [0.4, 0.5) is 0 Å². The first-order valence-corrected chi connectivity index (χ1v) is 10.9. The molecular weight excluding hydrogens is 376 g/mol. The first-order chi connectivity index (χ1) is 12.0. The molecule has 3 N–H and O–H groups in total. The van der Waals surface area contributed by atoms with Gasteiger partial charge in [-0.15, -0.1) is 0 Å². The van der Waals surface area contributed by atoms with Crippen LogP contribution in [0.5, 0.6) is 5.75 Å². The highest BCUT2D eigenvalue weighted by molar-refractivity contribution is 7.89. The minimum absolute atomic E-state index is 0.0439. The van der Waals surface area contributed by atoms with Crippen molar-refractivity contribution < 1.29 is 21.6 Å². The maximum absolute atomic E-state index is 12.2. The summed E-state index contributed by atoms with van der Waals surface area (Å²) in [5, 5.41) is 5.17. The first kappa shape index (κ1) is 20.4. The molecule has 2 aromatic carbocycles. The second-order valence-corrected chi connectivity index (χ2v) is 9.28. The Hall–Kier alpha value is -1.94. The second-order valence-electron chi connectivity index (χ2n) is 5.99. The molecule has 26 heavy (non-hydrogen) atoms. The van der Waals surface area contributed by atoms with Gasteiger partial charge in [0.2, 0.25) is 20.0 Å². The van der Waals surface area contributed by atoms with E-state index in [1.165, 1.54) is 18.2 Å². The van der Waals surface area contributed by atoms with Crippen molar-refractivity contribution in [2.45, 2.75) is 30.6 Å². The summed E-state index contributed by atoms with van der Waals surface area (Å²) >= 11 is 0. The summed E-state index contributed by atoms with van der Waals surface area (Å²) in [5.41, 5.74) is 2.04. The van der Waals surface area contributed by atoms with Crippen LogP contribution < -0.4 is 14.6 Å². The Balaban J connectivity index is 2.00. The Kier molecular flexibility index (Phi) is 6.07. The SMILES string of the molecule is Cc1ccc(S(=O)(=O)NCCOc2cc(C)c(S(N)(=O)=O)cc2C)cc1. The molecule has 0 aliphatic heterocycles. The van der Waals surface area contributed by atoms with Gasteiger partial charge in [0.15, 0.2) is 0 Å². The van der Waals surface area contributed by atoms with Gasteiger partial charge in [0, 0.05) is 6.54 Å². The molecule has 0 saturated carbocycles. The number of nitrogens with one attached hydrogen (secondary N) is 1. The van der Waals surface area contributed by atoms with E-state index in [-0.39, 0.29) is 22.9 Å². The molecule has 2 rings (SSSR count). The largest absolute Gasteiger partial charge is 0.492 e. The number of rotatable bonds is 7. The van der Waals surface area contributed by atoms with Crippen LogP contribution in [0.25, 0.3) is 0 Å². The molecule has 0 atom stereocenters. The van der Waals surface area contributed by atoms with Gasteiger partial charge in [-0.3, -0.25) is 0 Å². The Morgan fingerprint density at radius 3 is 2.15 bits per heavy atom. The molecule has 0 aromatic heterocycles. The molecule has 0 aliphatic carbocycles. The third-order valence-corrected chi connectivity index (χ3v) is 6.29. The van der Waals surface area contributed by atoms with E-state index in [1.807, 2.05) is 6.92 Å². The standard InChI is InChI=1S/C17H22N2O5S2/c1-12-4-6-15(7-5-12)26(22,23)19-8-9-24-16-10-14(3)17(11-13(16)2)25(18,20)21/h4-7,10-11,19H,8-9H2,1-3H3,(H2,18,20,21). The number of benzene rings is 2. The molecule has 0 bridgehead atoms. The van der Waals surface area contributed by atoms with Gasteiger partial charge < -0.3 is 4.74 Å². The predicted octanol–water partition coefficient (Wildman–Crippen LogP) is 1.62. The molecule has 142 valence electrons. The van der Waals surface area contributed by atoms with Gasteiger partial charge in [0.25, 0.3) is 0 Å². The fourth-order valence-electron chi connectivity index (χ4n) is 2.36. The van der Waals surface area contributed by atoms with Crippen molar-refractivity contribution in [3.05, 3.63) is 53.1 Å². The number of aryl methyl sites for hydroxylation is 3. The number of primary sulfonamides is 1. The topological polar surface area (TPSA) is 116 Å². The Morgan fingerprint density at radius 1 is 0.962 bits per heavy atom. The fourth-order valence-corrected chi connectivity index (χ4v) is 4.22. The Labute approximate surface area is 154 Å². The summed E-state index contributed by atoms with van der Waals surface area (Å²) in [6.45, 7) is 5.36. The van der Waals surface area contributed by atoms with E-state index in [4.69, 9.17) is 9.88 Å². The average Bonchev–Trinajstić information content (AvgIpc) is 2.53. The van der Waals surface area contributed by atoms with Crippen molar-refractivity contribution in [2.24, 2.45) is 5.14 Å². The molecule has 2 aromatic rings. The predicted molar refractivity (Wildman–Crippen MR) is 99.2 cm³/mol. The molecule has 7 nitrogen and oxygen atoms in total. The smallest absolute Gasteiger partial charge is 0.240 e. The number of hydrogen-bond acceptors (Lipinski definition) is 5. The normalized spacial score (nSPS) is 12.2. The maximum atomic E-state index is 12.2. The van der Waals surface area contributed by atoms with E-state index in [0.29, 0.717) is 16.9 Å². The molecular formula is C17H22N2O5S2. The minimum Gasteiger partial charge on any atom is -0.492 e. The highest BCUT2D eigenvalue weighted by Crippen LogP contribution is 2.25. The van der Waals surface area contributed by atoms with Crippen molar-refractivity contribution in [1.29, 1.82) is 0 Å². The zero-order valence-electron chi connectivity index (χ0n) is 14.8. The van der Waals surface area contributed by atoms with Crippen molar-refractivity contribution in [3.63, 3.8) is 0 Å². The van der Waals surface area contributed by atoms with Gasteiger partial charge in [-0.1, -0.05) is 17.7 Å². The summed E-state index contributed by atoms with van der Waals surface area (Å²) < 4.78 is 55.4. The van der Waals surface area contributed by atoms with Crippen LogP contribution in [0.3, 0.4) is 0 Å². The molecule has 0 heterocycles. The van der Waals surface area contributed by atoms with Crippen LogP contribution in [0, 0.1) is 20.8 Å². The van der Waals surface area contributed by atoms with E-state index >= 15 is 0 Å². The van der Waals surface area contributed by atoms with Crippen LogP contribution in [-0.4, -0.2) is 30.0 Å². The molecule has 0 spiro atoms. The van der Waals surface area contributed by atoms with Crippen LogP contribution >= 0.6 is 0 Å². The van der Waals surface area contributed by atoms with E-state index < -0.39 is 20.0 Å². The summed E-state index contributed by atoms with van der Waals surface area (Å²) in [5.74, 6) is 0.476. The quantitative estimate of drug-likeness (QED) is 0.688. The van der Waals surface area contributed by atoms with Gasteiger partial charge in [0.1, 0.15) is 12.4 Å². The van der Waals surface area contributed by atoms with E-state index in [2.05, 4.69) is 4.72 Å². The Morgan fingerprint density at radius 2 is 1.58 bits per heavy atom. The lowest BCUT2D eigenvalue weighted by atomic mass is 10.1. The summed E-state index contributed by atoms with van der Waals surface area (Å²) in [4.78, 5) is 0.232. The van der Waals surface area contributed by atoms with Gasteiger partial charge >= 0.3 is 0 Å². The number of hydrogen-bond donors (Lipinski definition) is 2. The zero-order valence-corrected chi connectivity index (χ0v) is 16.4. The monoisotopic (exact) mass is 398 g/mol. The van der Waals surface area contributed by atoms with Crippen LogP contribution in [0.15, 0.2) is 46.2 Å². The van der Waals surface area contributed by atoms with Gasteiger partial charge in [-0.05, 0) is 56.2 Å². The fraction of sp³-hybridized carbons (Fsp3) is 0.294. The third-order valence-electron chi connectivity index (χ3n) is 3.76. The minimum atomic E-state index is -3.80. The first-order valence-electron chi connectivity index (χ1n) is 7.84. The van der Waals surface area contributed by atoms with E-state index in [1.54, 1.807) is 32.0 Å². The van der Waals surface area contributed by atoms with Crippen LogP contribution in [-0.2, 0) is 20.0 Å². The highest BCUT2D eigenvalue weighted by atomic mass is 32.2. The van der Waals surface area contributed by atoms with Crippen molar-refractivity contribution >= 4 is 20.0 Å². The summed E-state index contributed by atoms with van der Waals surface area (Å²) in [7, 11) is -7.40. The number of sulfonamides is 2. The number of nitrogens with two attached hydrogens (primary N) is 1.